The summed E-state index contributed by atoms with van der Waals surface area (Å²) < 4.78 is 1.50. The van der Waals surface area contributed by atoms with E-state index in [0.717, 1.165) is 25.3 Å². The maximum atomic E-state index is 12.3. The number of benzene rings is 1. The zero-order valence-electron chi connectivity index (χ0n) is 12.7. The molecule has 23 heavy (non-hydrogen) atoms. The summed E-state index contributed by atoms with van der Waals surface area (Å²) in [6.45, 7) is 5.09. The molecule has 1 aromatic heterocycles. The van der Waals surface area contributed by atoms with Crippen LogP contribution in [0.2, 0.25) is 5.02 Å². The van der Waals surface area contributed by atoms with Gasteiger partial charge in [0.15, 0.2) is 0 Å². The summed E-state index contributed by atoms with van der Waals surface area (Å²) >= 11 is 6.17. The molecule has 1 saturated heterocycles. The first-order valence-electron chi connectivity index (χ1n) is 7.41. The number of amides is 1. The molecule has 1 amide bonds. The van der Waals surface area contributed by atoms with Crippen LogP contribution < -0.4 is 10.6 Å². The van der Waals surface area contributed by atoms with Crippen LogP contribution in [0.15, 0.2) is 24.5 Å². The maximum Gasteiger partial charge on any atom is 0.238 e. The van der Waals surface area contributed by atoms with Crippen LogP contribution in [0.1, 0.15) is 6.92 Å². The van der Waals surface area contributed by atoms with Crippen LogP contribution in [0.4, 0.5) is 5.69 Å². The van der Waals surface area contributed by atoms with Crippen molar-refractivity contribution in [1.82, 2.24) is 30.4 Å². The quantitative estimate of drug-likeness (QED) is 0.848. The Morgan fingerprint density at radius 2 is 2.39 bits per heavy atom. The first kappa shape index (κ1) is 15.9. The summed E-state index contributed by atoms with van der Waals surface area (Å²) in [4.78, 5) is 14.4. The number of halogens is 1. The first-order valence-corrected chi connectivity index (χ1v) is 7.79. The molecule has 1 aliphatic rings. The molecule has 2 N–H and O–H groups in total. The predicted octanol–water partition coefficient (Wildman–Crippen LogP) is 0.548. The number of hydrogen-bond donors (Lipinski definition) is 2. The van der Waals surface area contributed by atoms with Gasteiger partial charge < -0.3 is 10.6 Å². The van der Waals surface area contributed by atoms with Crippen LogP contribution in [-0.4, -0.2) is 63.2 Å². The van der Waals surface area contributed by atoms with Crippen LogP contribution >= 0.6 is 11.6 Å². The van der Waals surface area contributed by atoms with Gasteiger partial charge in [0.05, 0.1) is 22.9 Å². The topological polar surface area (TPSA) is 88.0 Å². The molecule has 3 rings (SSSR count). The van der Waals surface area contributed by atoms with E-state index in [2.05, 4.69) is 38.0 Å². The third kappa shape index (κ3) is 3.84. The van der Waals surface area contributed by atoms with Gasteiger partial charge in [-0.2, -0.15) is 0 Å². The zero-order chi connectivity index (χ0) is 16.2. The molecule has 9 heteroatoms. The molecule has 1 atom stereocenters. The Balaban J connectivity index is 1.69. The molecule has 2 heterocycles. The van der Waals surface area contributed by atoms with Crippen molar-refractivity contribution in [2.75, 3.05) is 31.5 Å². The highest BCUT2D eigenvalue weighted by molar-refractivity contribution is 6.33. The van der Waals surface area contributed by atoms with E-state index >= 15 is 0 Å². The number of piperazine rings is 1. The second-order valence-corrected chi connectivity index (χ2v) is 5.90. The van der Waals surface area contributed by atoms with Crippen LogP contribution in [0.25, 0.3) is 5.69 Å². The Morgan fingerprint density at radius 1 is 1.52 bits per heavy atom. The first-order chi connectivity index (χ1) is 11.1. The fraction of sp³-hybridized carbons (Fsp3) is 0.429. The SMILES string of the molecule is C[C@@H]1CNCCN1CC(=O)Nc1cc(-n2cnnn2)ccc1Cl. The Kier molecular flexibility index (Phi) is 4.85. The van der Waals surface area contributed by atoms with Crippen molar-refractivity contribution in [2.45, 2.75) is 13.0 Å². The van der Waals surface area contributed by atoms with Gasteiger partial charge in [0.1, 0.15) is 6.33 Å². The predicted molar refractivity (Wildman–Crippen MR) is 86.7 cm³/mol. The van der Waals surface area contributed by atoms with Crippen LogP contribution in [0.5, 0.6) is 0 Å². The highest BCUT2D eigenvalue weighted by Gasteiger charge is 2.20. The number of nitrogens with zero attached hydrogens (tertiary/aromatic N) is 5. The summed E-state index contributed by atoms with van der Waals surface area (Å²) in [5.74, 6) is -0.0884. The molecule has 0 saturated carbocycles. The van der Waals surface area contributed by atoms with Crippen LogP contribution in [0, 0.1) is 0 Å². The number of carbonyl (C=O) groups excluding carboxylic acids is 1. The van der Waals surface area contributed by atoms with Gasteiger partial charge in [-0.25, -0.2) is 4.68 Å². The molecule has 1 aromatic carbocycles. The average molecular weight is 336 g/mol. The third-order valence-electron chi connectivity index (χ3n) is 3.82. The Bertz CT molecular complexity index is 676. The largest absolute Gasteiger partial charge is 0.324 e. The third-order valence-corrected chi connectivity index (χ3v) is 4.15. The maximum absolute atomic E-state index is 12.3. The van der Waals surface area contributed by atoms with Crippen molar-refractivity contribution in [2.24, 2.45) is 0 Å². The van der Waals surface area contributed by atoms with E-state index in [1.54, 1.807) is 18.2 Å². The number of carbonyl (C=O) groups is 1. The highest BCUT2D eigenvalue weighted by atomic mass is 35.5. The average Bonchev–Trinajstić information content (AvgIpc) is 3.06. The van der Waals surface area contributed by atoms with E-state index in [1.165, 1.54) is 11.0 Å². The Labute approximate surface area is 138 Å². The smallest absolute Gasteiger partial charge is 0.238 e. The van der Waals surface area contributed by atoms with E-state index in [0.29, 0.717) is 23.3 Å². The molecular formula is C14H18ClN7O. The van der Waals surface area contributed by atoms with E-state index in [9.17, 15) is 4.79 Å². The molecule has 1 fully saturated rings. The minimum Gasteiger partial charge on any atom is -0.324 e. The van der Waals surface area contributed by atoms with E-state index in [-0.39, 0.29) is 5.91 Å². The summed E-state index contributed by atoms with van der Waals surface area (Å²) in [6, 6.07) is 5.57. The van der Waals surface area contributed by atoms with E-state index in [1.807, 2.05) is 0 Å². The lowest BCUT2D eigenvalue weighted by Crippen LogP contribution is -2.52. The van der Waals surface area contributed by atoms with Gasteiger partial charge in [0, 0.05) is 25.7 Å². The second kappa shape index (κ2) is 7.03. The molecule has 0 unspecified atom stereocenters. The molecule has 0 aliphatic carbocycles. The van der Waals surface area contributed by atoms with E-state index < -0.39 is 0 Å². The van der Waals surface area contributed by atoms with Gasteiger partial charge in [0.25, 0.3) is 0 Å². The second-order valence-electron chi connectivity index (χ2n) is 5.49. The van der Waals surface area contributed by atoms with Gasteiger partial charge in [-0.05, 0) is 35.5 Å². The Hall–Kier alpha value is -2.03. The molecule has 0 spiro atoms. The molecular weight excluding hydrogens is 318 g/mol. The monoisotopic (exact) mass is 335 g/mol. The molecule has 0 radical (unpaired) electrons. The molecule has 1 aliphatic heterocycles. The van der Waals surface area contributed by atoms with Crippen LogP contribution in [-0.2, 0) is 4.79 Å². The summed E-state index contributed by atoms with van der Waals surface area (Å²) in [7, 11) is 0. The number of nitrogens with one attached hydrogen (secondary N) is 2. The number of tetrazole rings is 1. The number of aromatic nitrogens is 4. The van der Waals surface area contributed by atoms with Crippen molar-refractivity contribution in [1.29, 1.82) is 0 Å². The normalized spacial score (nSPS) is 18.8. The fourth-order valence-electron chi connectivity index (χ4n) is 2.52. The van der Waals surface area contributed by atoms with Gasteiger partial charge in [-0.1, -0.05) is 11.6 Å². The molecule has 0 bridgehead atoms. The van der Waals surface area contributed by atoms with Crippen molar-refractivity contribution in [3.8, 4) is 5.69 Å². The standard InChI is InChI=1S/C14H18ClN7O/c1-10-7-16-4-5-21(10)8-14(23)18-13-6-11(2-3-12(13)15)22-9-17-19-20-22/h2-3,6,9-10,16H,4-5,7-8H2,1H3,(H,18,23)/t10-/m1/s1. The number of rotatable bonds is 4. The van der Waals surface area contributed by atoms with Crippen molar-refractivity contribution in [3.63, 3.8) is 0 Å². The minimum atomic E-state index is -0.0884. The molecule has 2 aromatic rings. The summed E-state index contributed by atoms with van der Waals surface area (Å²) in [6.07, 6.45) is 1.48. The molecule has 8 nitrogen and oxygen atoms in total. The lowest BCUT2D eigenvalue weighted by Gasteiger charge is -2.33. The summed E-state index contributed by atoms with van der Waals surface area (Å²) in [5, 5.41) is 17.7. The number of anilines is 1. The fourth-order valence-corrected chi connectivity index (χ4v) is 2.69. The zero-order valence-corrected chi connectivity index (χ0v) is 13.5. The van der Waals surface area contributed by atoms with Crippen molar-refractivity contribution in [3.05, 3.63) is 29.5 Å². The lowest BCUT2D eigenvalue weighted by atomic mass is 10.2. The van der Waals surface area contributed by atoms with Gasteiger partial charge >= 0.3 is 0 Å². The van der Waals surface area contributed by atoms with Crippen molar-refractivity contribution >= 4 is 23.2 Å². The lowest BCUT2D eigenvalue weighted by molar-refractivity contribution is -0.118. The molecule has 122 valence electrons. The minimum absolute atomic E-state index is 0.0884. The Morgan fingerprint density at radius 3 is 3.13 bits per heavy atom. The van der Waals surface area contributed by atoms with Crippen LogP contribution in [0.3, 0.4) is 0 Å². The van der Waals surface area contributed by atoms with E-state index in [4.69, 9.17) is 11.6 Å². The van der Waals surface area contributed by atoms with Crippen molar-refractivity contribution < 1.29 is 4.79 Å². The van der Waals surface area contributed by atoms with Gasteiger partial charge in [-0.15, -0.1) is 5.10 Å². The van der Waals surface area contributed by atoms with Gasteiger partial charge in [-0.3, -0.25) is 9.69 Å². The number of hydrogen-bond acceptors (Lipinski definition) is 6. The summed E-state index contributed by atoms with van der Waals surface area (Å²) in [5.41, 5.74) is 1.28. The van der Waals surface area contributed by atoms with Gasteiger partial charge in [0.2, 0.25) is 5.91 Å². The highest BCUT2D eigenvalue weighted by Crippen LogP contribution is 2.24.